The van der Waals surface area contributed by atoms with Crippen LogP contribution < -0.4 is 4.90 Å². The molecule has 0 fully saturated rings. The summed E-state index contributed by atoms with van der Waals surface area (Å²) in [5.41, 5.74) is 7.57. The van der Waals surface area contributed by atoms with E-state index < -0.39 is 0 Å². The smallest absolute Gasteiger partial charge is 0.164 e. The SMILES string of the molecule is Cc1nn(-c2ccccc2)c2nc(-c3ccccc3)c(C#N)c(-c3ccc(N(C)C)cc3)c12. The van der Waals surface area contributed by atoms with Gasteiger partial charge < -0.3 is 4.90 Å². The minimum Gasteiger partial charge on any atom is -0.378 e. The lowest BCUT2D eigenvalue weighted by Crippen LogP contribution is -2.08. The largest absolute Gasteiger partial charge is 0.378 e. The summed E-state index contributed by atoms with van der Waals surface area (Å²) in [6, 6.07) is 30.6. The number of aromatic nitrogens is 3. The molecule has 0 aliphatic heterocycles. The number of rotatable bonds is 4. The first-order valence-electron chi connectivity index (χ1n) is 10.8. The molecule has 0 aliphatic carbocycles. The Morgan fingerprint density at radius 2 is 1.45 bits per heavy atom. The second kappa shape index (κ2) is 8.25. The molecule has 5 rings (SSSR count). The molecule has 0 aliphatic rings. The van der Waals surface area contributed by atoms with E-state index in [-0.39, 0.29) is 0 Å². The van der Waals surface area contributed by atoms with Gasteiger partial charge in [0.1, 0.15) is 6.07 Å². The Kier molecular flexibility index (Phi) is 5.12. The molecule has 5 heteroatoms. The first kappa shape index (κ1) is 20.5. The van der Waals surface area contributed by atoms with Gasteiger partial charge in [-0.15, -0.1) is 0 Å². The maximum atomic E-state index is 10.3. The fourth-order valence-corrected chi connectivity index (χ4v) is 4.19. The van der Waals surface area contributed by atoms with Crippen molar-refractivity contribution in [2.24, 2.45) is 0 Å². The number of anilines is 1. The van der Waals surface area contributed by atoms with Crippen molar-refractivity contribution in [3.05, 3.63) is 96.2 Å². The van der Waals surface area contributed by atoms with Crippen molar-refractivity contribution in [1.82, 2.24) is 14.8 Å². The third-order valence-electron chi connectivity index (χ3n) is 5.82. The zero-order valence-corrected chi connectivity index (χ0v) is 18.8. The number of nitriles is 1. The zero-order chi connectivity index (χ0) is 22.9. The van der Waals surface area contributed by atoms with Gasteiger partial charge in [0.05, 0.1) is 28.0 Å². The molecule has 0 N–H and O–H groups in total. The van der Waals surface area contributed by atoms with Gasteiger partial charge in [0.25, 0.3) is 0 Å². The summed E-state index contributed by atoms with van der Waals surface area (Å²) < 4.78 is 1.87. The van der Waals surface area contributed by atoms with E-state index >= 15 is 0 Å². The molecule has 33 heavy (non-hydrogen) atoms. The van der Waals surface area contributed by atoms with Crippen molar-refractivity contribution in [2.75, 3.05) is 19.0 Å². The lowest BCUT2D eigenvalue weighted by molar-refractivity contribution is 0.878. The summed E-state index contributed by atoms with van der Waals surface area (Å²) in [6.07, 6.45) is 0. The van der Waals surface area contributed by atoms with E-state index in [0.29, 0.717) is 11.3 Å². The van der Waals surface area contributed by atoms with E-state index in [1.54, 1.807) is 0 Å². The van der Waals surface area contributed by atoms with Crippen molar-refractivity contribution in [2.45, 2.75) is 6.92 Å². The third-order valence-corrected chi connectivity index (χ3v) is 5.82. The Hall–Kier alpha value is -4.43. The molecule has 160 valence electrons. The van der Waals surface area contributed by atoms with Crippen molar-refractivity contribution in [3.8, 4) is 34.1 Å². The quantitative estimate of drug-likeness (QED) is 0.352. The Balaban J connectivity index is 1.89. The predicted octanol–water partition coefficient (Wildman–Crippen LogP) is 6.00. The summed E-state index contributed by atoms with van der Waals surface area (Å²) in [7, 11) is 4.03. The van der Waals surface area contributed by atoms with Crippen LogP contribution in [0.3, 0.4) is 0 Å². The number of aryl methyl sites for hydroxylation is 1. The van der Waals surface area contributed by atoms with E-state index in [2.05, 4.69) is 35.2 Å². The van der Waals surface area contributed by atoms with E-state index in [1.807, 2.05) is 86.4 Å². The number of fused-ring (bicyclic) bond motifs is 1. The summed E-state index contributed by atoms with van der Waals surface area (Å²) in [5, 5.41) is 16.0. The molecule has 0 saturated heterocycles. The minimum absolute atomic E-state index is 0.557. The van der Waals surface area contributed by atoms with Crippen LogP contribution >= 0.6 is 0 Å². The fourth-order valence-electron chi connectivity index (χ4n) is 4.19. The summed E-state index contributed by atoms with van der Waals surface area (Å²) >= 11 is 0. The van der Waals surface area contributed by atoms with Crippen LogP contribution in [0.2, 0.25) is 0 Å². The van der Waals surface area contributed by atoms with Crippen LogP contribution in [0.1, 0.15) is 11.3 Å². The lowest BCUT2D eigenvalue weighted by atomic mass is 9.93. The molecule has 0 bridgehead atoms. The Morgan fingerprint density at radius 1 is 0.818 bits per heavy atom. The van der Waals surface area contributed by atoms with Crippen LogP contribution in [0.5, 0.6) is 0 Å². The zero-order valence-electron chi connectivity index (χ0n) is 18.8. The number of para-hydroxylation sites is 1. The molecule has 5 aromatic rings. The maximum absolute atomic E-state index is 10.3. The van der Waals surface area contributed by atoms with Gasteiger partial charge in [0.15, 0.2) is 5.65 Å². The highest BCUT2D eigenvalue weighted by molar-refractivity contribution is 6.01. The highest BCUT2D eigenvalue weighted by Crippen LogP contribution is 2.39. The summed E-state index contributed by atoms with van der Waals surface area (Å²) in [5.74, 6) is 0. The minimum atomic E-state index is 0.557. The van der Waals surface area contributed by atoms with Gasteiger partial charge in [-0.25, -0.2) is 9.67 Å². The van der Waals surface area contributed by atoms with Gasteiger partial charge in [-0.05, 0) is 36.8 Å². The second-order valence-electron chi connectivity index (χ2n) is 8.16. The molecule has 0 radical (unpaired) electrons. The summed E-state index contributed by atoms with van der Waals surface area (Å²) in [4.78, 5) is 7.08. The van der Waals surface area contributed by atoms with E-state index in [1.165, 1.54) is 0 Å². The topological polar surface area (TPSA) is 57.7 Å². The van der Waals surface area contributed by atoms with Crippen LogP contribution in [-0.4, -0.2) is 28.9 Å². The van der Waals surface area contributed by atoms with Gasteiger partial charge in [0.2, 0.25) is 0 Å². The van der Waals surface area contributed by atoms with Crippen LogP contribution in [0, 0.1) is 18.3 Å². The average Bonchev–Trinajstić information content (AvgIpc) is 3.20. The third kappa shape index (κ3) is 3.52. The number of nitrogens with zero attached hydrogens (tertiary/aromatic N) is 5. The highest BCUT2D eigenvalue weighted by Gasteiger charge is 2.23. The number of benzene rings is 3. The molecule has 0 saturated carbocycles. The van der Waals surface area contributed by atoms with E-state index in [9.17, 15) is 5.26 Å². The molecule has 0 amide bonds. The molecule has 0 spiro atoms. The van der Waals surface area contributed by atoms with Crippen molar-refractivity contribution in [3.63, 3.8) is 0 Å². The van der Waals surface area contributed by atoms with Crippen LogP contribution in [0.4, 0.5) is 5.69 Å². The fraction of sp³-hybridized carbons (Fsp3) is 0.107. The summed E-state index contributed by atoms with van der Waals surface area (Å²) in [6.45, 7) is 1.98. The molecule has 2 heterocycles. The average molecular weight is 430 g/mol. The van der Waals surface area contributed by atoms with Crippen molar-refractivity contribution in [1.29, 1.82) is 5.26 Å². The van der Waals surface area contributed by atoms with Crippen molar-refractivity contribution >= 4 is 16.7 Å². The maximum Gasteiger partial charge on any atom is 0.164 e. The standard InChI is InChI=1S/C28H23N5/c1-19-25-26(20-14-16-22(17-15-20)32(2)3)24(18-29)27(21-10-6-4-7-11-21)30-28(25)33(31-19)23-12-8-5-9-13-23/h4-17H,1-3H3. The Bertz CT molecular complexity index is 1480. The van der Waals surface area contributed by atoms with Crippen LogP contribution in [0.25, 0.3) is 39.1 Å². The first-order valence-corrected chi connectivity index (χ1v) is 10.8. The molecule has 2 aromatic heterocycles. The Morgan fingerprint density at radius 3 is 2.06 bits per heavy atom. The lowest BCUT2D eigenvalue weighted by Gasteiger charge is -2.15. The number of hydrogen-bond acceptors (Lipinski definition) is 4. The molecular formula is C28H23N5. The van der Waals surface area contributed by atoms with Gasteiger partial charge in [-0.1, -0.05) is 60.7 Å². The van der Waals surface area contributed by atoms with Crippen LogP contribution in [-0.2, 0) is 0 Å². The number of hydrogen-bond donors (Lipinski definition) is 0. The highest BCUT2D eigenvalue weighted by atomic mass is 15.3. The van der Waals surface area contributed by atoms with Gasteiger partial charge in [-0.3, -0.25) is 0 Å². The van der Waals surface area contributed by atoms with Gasteiger partial charge >= 0.3 is 0 Å². The molecule has 0 atom stereocenters. The van der Waals surface area contributed by atoms with Crippen molar-refractivity contribution < 1.29 is 0 Å². The molecular weight excluding hydrogens is 406 g/mol. The van der Waals surface area contributed by atoms with E-state index in [4.69, 9.17) is 10.1 Å². The Labute approximate surface area is 193 Å². The molecule has 0 unspecified atom stereocenters. The predicted molar refractivity (Wildman–Crippen MR) is 134 cm³/mol. The number of pyridine rings is 1. The monoisotopic (exact) mass is 429 g/mol. The molecule has 3 aromatic carbocycles. The van der Waals surface area contributed by atoms with Gasteiger partial charge in [0, 0.05) is 30.9 Å². The van der Waals surface area contributed by atoms with Crippen LogP contribution in [0.15, 0.2) is 84.9 Å². The van der Waals surface area contributed by atoms with Gasteiger partial charge in [-0.2, -0.15) is 10.4 Å². The van der Waals surface area contributed by atoms with E-state index in [0.717, 1.165) is 44.8 Å². The molecule has 5 nitrogen and oxygen atoms in total. The normalized spacial score (nSPS) is 10.8. The second-order valence-corrected chi connectivity index (χ2v) is 8.16. The first-order chi connectivity index (χ1) is 16.1.